The molecule has 0 amide bonds. The number of benzene rings is 2. The van der Waals surface area contributed by atoms with Crippen molar-refractivity contribution in [3.8, 4) is 16.9 Å². The zero-order valence-electron chi connectivity index (χ0n) is 9.94. The van der Waals surface area contributed by atoms with Gasteiger partial charge in [0.2, 0.25) is 0 Å². The highest BCUT2D eigenvalue weighted by Gasteiger charge is 2.07. The van der Waals surface area contributed by atoms with Gasteiger partial charge >= 0.3 is 5.97 Å². The van der Waals surface area contributed by atoms with Crippen molar-refractivity contribution < 1.29 is 9.53 Å². The van der Waals surface area contributed by atoms with Gasteiger partial charge in [-0.05, 0) is 18.6 Å². The van der Waals surface area contributed by atoms with E-state index in [1.807, 2.05) is 49.4 Å². The standard InChI is InChI=1S/C15H14O2/c1-11-7-9-13(10-8-11)14-5-3-4-6-15(14)17-12(2)16/h3-10H,1-2H3. The first-order valence-corrected chi connectivity index (χ1v) is 5.51. The molecule has 2 aromatic rings. The molecule has 0 radical (unpaired) electrons. The molecule has 0 aliphatic rings. The van der Waals surface area contributed by atoms with Crippen LogP contribution in [-0.4, -0.2) is 5.97 Å². The summed E-state index contributed by atoms with van der Waals surface area (Å²) in [5, 5.41) is 0. The maximum Gasteiger partial charge on any atom is 0.308 e. The summed E-state index contributed by atoms with van der Waals surface area (Å²) >= 11 is 0. The maximum absolute atomic E-state index is 11.0. The smallest absolute Gasteiger partial charge is 0.308 e. The lowest BCUT2D eigenvalue weighted by Crippen LogP contribution is -2.02. The molecule has 2 aromatic carbocycles. The Balaban J connectivity index is 2.44. The van der Waals surface area contributed by atoms with Gasteiger partial charge in [-0.2, -0.15) is 0 Å². The molecule has 0 saturated heterocycles. The topological polar surface area (TPSA) is 26.3 Å². The van der Waals surface area contributed by atoms with Crippen molar-refractivity contribution in [1.82, 2.24) is 0 Å². The summed E-state index contributed by atoms with van der Waals surface area (Å²) in [7, 11) is 0. The predicted octanol–water partition coefficient (Wildman–Crippen LogP) is 3.59. The second-order valence-electron chi connectivity index (χ2n) is 3.96. The number of hydrogen-bond donors (Lipinski definition) is 0. The molecular formula is C15H14O2. The van der Waals surface area contributed by atoms with Gasteiger partial charge in [0.25, 0.3) is 0 Å². The molecule has 0 heterocycles. The number of para-hydroxylation sites is 1. The lowest BCUT2D eigenvalue weighted by Gasteiger charge is -2.08. The van der Waals surface area contributed by atoms with Crippen LogP contribution in [0.2, 0.25) is 0 Å². The third kappa shape index (κ3) is 2.72. The van der Waals surface area contributed by atoms with Crippen LogP contribution in [0.25, 0.3) is 11.1 Å². The van der Waals surface area contributed by atoms with E-state index in [0.717, 1.165) is 11.1 Å². The number of aryl methyl sites for hydroxylation is 1. The molecule has 0 aliphatic heterocycles. The maximum atomic E-state index is 11.0. The highest BCUT2D eigenvalue weighted by Crippen LogP contribution is 2.29. The van der Waals surface area contributed by atoms with E-state index in [2.05, 4.69) is 0 Å². The van der Waals surface area contributed by atoms with E-state index >= 15 is 0 Å². The summed E-state index contributed by atoms with van der Waals surface area (Å²) in [6.45, 7) is 3.45. The average Bonchev–Trinajstić information content (AvgIpc) is 2.30. The normalized spacial score (nSPS) is 10.0. The van der Waals surface area contributed by atoms with Gasteiger partial charge in [-0.3, -0.25) is 4.79 Å². The molecule has 2 nitrogen and oxygen atoms in total. The Bertz CT molecular complexity index is 527. The third-order valence-electron chi connectivity index (χ3n) is 2.50. The van der Waals surface area contributed by atoms with Crippen molar-refractivity contribution in [3.05, 3.63) is 54.1 Å². The van der Waals surface area contributed by atoms with Crippen molar-refractivity contribution in [1.29, 1.82) is 0 Å². The molecule has 0 aliphatic carbocycles. The molecule has 0 saturated carbocycles. The van der Waals surface area contributed by atoms with Crippen LogP contribution in [0.5, 0.6) is 5.75 Å². The van der Waals surface area contributed by atoms with Crippen LogP contribution in [0, 0.1) is 6.92 Å². The van der Waals surface area contributed by atoms with E-state index in [0.29, 0.717) is 5.75 Å². The molecule has 0 N–H and O–H groups in total. The third-order valence-corrected chi connectivity index (χ3v) is 2.50. The van der Waals surface area contributed by atoms with Crippen molar-refractivity contribution in [2.75, 3.05) is 0 Å². The molecule has 2 heteroatoms. The molecule has 2 rings (SSSR count). The Kier molecular flexibility index (Phi) is 3.24. The van der Waals surface area contributed by atoms with Gasteiger partial charge in [-0.25, -0.2) is 0 Å². The van der Waals surface area contributed by atoms with Gasteiger partial charge in [0.05, 0.1) is 0 Å². The minimum atomic E-state index is -0.301. The molecule has 0 bridgehead atoms. The van der Waals surface area contributed by atoms with Gasteiger partial charge in [0, 0.05) is 12.5 Å². The van der Waals surface area contributed by atoms with E-state index in [4.69, 9.17) is 4.74 Å². The molecule has 0 spiro atoms. The quantitative estimate of drug-likeness (QED) is 0.578. The van der Waals surface area contributed by atoms with E-state index in [9.17, 15) is 4.79 Å². The minimum absolute atomic E-state index is 0.301. The Morgan fingerprint density at radius 2 is 1.65 bits per heavy atom. The van der Waals surface area contributed by atoms with Crippen LogP contribution in [-0.2, 0) is 4.79 Å². The first-order chi connectivity index (χ1) is 8.16. The summed E-state index contributed by atoms with van der Waals surface area (Å²) < 4.78 is 5.19. The first kappa shape index (κ1) is 11.4. The SMILES string of the molecule is CC(=O)Oc1ccccc1-c1ccc(C)cc1. The van der Waals surface area contributed by atoms with Crippen molar-refractivity contribution in [2.24, 2.45) is 0 Å². The van der Waals surface area contributed by atoms with Crippen molar-refractivity contribution >= 4 is 5.97 Å². The monoisotopic (exact) mass is 226 g/mol. The van der Waals surface area contributed by atoms with Crippen LogP contribution in [0.15, 0.2) is 48.5 Å². The van der Waals surface area contributed by atoms with Crippen molar-refractivity contribution in [3.63, 3.8) is 0 Å². The number of rotatable bonds is 2. The summed E-state index contributed by atoms with van der Waals surface area (Å²) in [6.07, 6.45) is 0. The zero-order valence-corrected chi connectivity index (χ0v) is 9.94. The summed E-state index contributed by atoms with van der Waals surface area (Å²) in [5.41, 5.74) is 3.19. The Morgan fingerprint density at radius 1 is 1.00 bits per heavy atom. The lowest BCUT2D eigenvalue weighted by molar-refractivity contribution is -0.131. The average molecular weight is 226 g/mol. The molecular weight excluding hydrogens is 212 g/mol. The molecule has 86 valence electrons. The van der Waals surface area contributed by atoms with Crippen molar-refractivity contribution in [2.45, 2.75) is 13.8 Å². The van der Waals surface area contributed by atoms with Gasteiger partial charge in [0.1, 0.15) is 5.75 Å². The first-order valence-electron chi connectivity index (χ1n) is 5.51. The largest absolute Gasteiger partial charge is 0.426 e. The summed E-state index contributed by atoms with van der Waals surface area (Å²) in [4.78, 5) is 11.0. The van der Waals surface area contributed by atoms with Gasteiger partial charge in [-0.1, -0.05) is 48.0 Å². The molecule has 0 aromatic heterocycles. The fourth-order valence-corrected chi connectivity index (χ4v) is 1.68. The number of carbonyl (C=O) groups excluding carboxylic acids is 1. The Morgan fingerprint density at radius 3 is 2.29 bits per heavy atom. The highest BCUT2D eigenvalue weighted by atomic mass is 16.5. The number of carbonyl (C=O) groups is 1. The summed E-state index contributed by atoms with van der Waals surface area (Å²) in [5.74, 6) is 0.299. The number of ether oxygens (including phenoxy) is 1. The second-order valence-corrected chi connectivity index (χ2v) is 3.96. The van der Waals surface area contributed by atoms with Gasteiger partial charge in [-0.15, -0.1) is 0 Å². The highest BCUT2D eigenvalue weighted by molar-refractivity contribution is 5.76. The van der Waals surface area contributed by atoms with E-state index in [1.165, 1.54) is 12.5 Å². The summed E-state index contributed by atoms with van der Waals surface area (Å²) in [6, 6.07) is 15.7. The molecule has 0 atom stereocenters. The van der Waals surface area contributed by atoms with E-state index in [-0.39, 0.29) is 5.97 Å². The molecule has 0 fully saturated rings. The minimum Gasteiger partial charge on any atom is -0.426 e. The molecule has 0 unspecified atom stereocenters. The Labute approximate surface area is 101 Å². The predicted molar refractivity (Wildman–Crippen MR) is 67.9 cm³/mol. The molecule has 17 heavy (non-hydrogen) atoms. The number of esters is 1. The zero-order chi connectivity index (χ0) is 12.3. The lowest BCUT2D eigenvalue weighted by atomic mass is 10.0. The van der Waals surface area contributed by atoms with Crippen LogP contribution in [0.1, 0.15) is 12.5 Å². The second kappa shape index (κ2) is 4.83. The number of hydrogen-bond acceptors (Lipinski definition) is 2. The van der Waals surface area contributed by atoms with Gasteiger partial charge in [0.15, 0.2) is 0 Å². The van der Waals surface area contributed by atoms with Crippen LogP contribution < -0.4 is 4.74 Å². The van der Waals surface area contributed by atoms with E-state index in [1.54, 1.807) is 6.07 Å². The fourth-order valence-electron chi connectivity index (χ4n) is 1.68. The fraction of sp³-hybridized carbons (Fsp3) is 0.133. The Hall–Kier alpha value is -2.09. The van der Waals surface area contributed by atoms with Gasteiger partial charge < -0.3 is 4.74 Å². The van der Waals surface area contributed by atoms with Crippen LogP contribution >= 0.6 is 0 Å². The van der Waals surface area contributed by atoms with E-state index < -0.39 is 0 Å². The van der Waals surface area contributed by atoms with Crippen LogP contribution in [0.3, 0.4) is 0 Å². The van der Waals surface area contributed by atoms with Crippen LogP contribution in [0.4, 0.5) is 0 Å².